The average Bonchev–Trinajstić information content (AvgIpc) is 2.38. The van der Waals surface area contributed by atoms with E-state index in [0.29, 0.717) is 0 Å². The summed E-state index contributed by atoms with van der Waals surface area (Å²) in [6.45, 7) is 2.09. The molecule has 0 aromatic heterocycles. The Bertz CT molecular complexity index is 509. The van der Waals surface area contributed by atoms with Crippen LogP contribution in [0.3, 0.4) is 0 Å². The summed E-state index contributed by atoms with van der Waals surface area (Å²) in [6, 6.07) is 16.5. The summed E-state index contributed by atoms with van der Waals surface area (Å²) in [7, 11) is 1.68. The van der Waals surface area contributed by atoms with Gasteiger partial charge in [0, 0.05) is 0 Å². The molecule has 2 rings (SSSR count). The topological polar surface area (TPSA) is 9.23 Å². The average molecular weight is 224 g/mol. The van der Waals surface area contributed by atoms with Crippen molar-refractivity contribution >= 4 is 12.2 Å². The summed E-state index contributed by atoms with van der Waals surface area (Å²) in [4.78, 5) is 0. The van der Waals surface area contributed by atoms with E-state index in [1.807, 2.05) is 18.2 Å². The van der Waals surface area contributed by atoms with E-state index in [9.17, 15) is 0 Å². The highest BCUT2D eigenvalue weighted by Crippen LogP contribution is 2.15. The van der Waals surface area contributed by atoms with Gasteiger partial charge in [-0.15, -0.1) is 0 Å². The van der Waals surface area contributed by atoms with E-state index in [0.717, 1.165) is 11.3 Å². The molecular weight excluding hydrogens is 208 g/mol. The molecule has 0 radical (unpaired) electrons. The Kier molecular flexibility index (Phi) is 3.61. The fourth-order valence-corrected chi connectivity index (χ4v) is 1.62. The SMILES string of the molecule is COc1cccc(/C=C/c2ccc(C)cc2)c1. The van der Waals surface area contributed by atoms with E-state index >= 15 is 0 Å². The molecule has 0 fully saturated rings. The van der Waals surface area contributed by atoms with Gasteiger partial charge in [0.1, 0.15) is 5.75 Å². The zero-order valence-electron chi connectivity index (χ0n) is 10.2. The number of hydrogen-bond acceptors (Lipinski definition) is 1. The van der Waals surface area contributed by atoms with Crippen LogP contribution >= 0.6 is 0 Å². The van der Waals surface area contributed by atoms with Crippen molar-refractivity contribution in [1.29, 1.82) is 0 Å². The van der Waals surface area contributed by atoms with E-state index in [1.165, 1.54) is 11.1 Å². The molecule has 1 heteroatoms. The Hall–Kier alpha value is -2.02. The molecule has 0 heterocycles. The molecular formula is C16H16O. The Labute approximate surface area is 102 Å². The molecule has 2 aromatic carbocycles. The number of ether oxygens (including phenoxy) is 1. The molecule has 0 N–H and O–H groups in total. The molecule has 0 aliphatic rings. The van der Waals surface area contributed by atoms with Crippen LogP contribution in [0.2, 0.25) is 0 Å². The minimum absolute atomic E-state index is 0.885. The first-order valence-electron chi connectivity index (χ1n) is 5.67. The first-order chi connectivity index (χ1) is 8.28. The van der Waals surface area contributed by atoms with Crippen molar-refractivity contribution < 1.29 is 4.74 Å². The summed E-state index contributed by atoms with van der Waals surface area (Å²) >= 11 is 0. The highest BCUT2D eigenvalue weighted by atomic mass is 16.5. The van der Waals surface area contributed by atoms with Crippen LogP contribution < -0.4 is 4.74 Å². The van der Waals surface area contributed by atoms with E-state index in [1.54, 1.807) is 7.11 Å². The second-order valence-electron chi connectivity index (χ2n) is 4.02. The standard InChI is InChI=1S/C16H16O/c1-13-6-8-14(9-7-13)10-11-15-4-3-5-16(12-15)17-2/h3-12H,1-2H3/b11-10+. The molecule has 17 heavy (non-hydrogen) atoms. The third-order valence-corrected chi connectivity index (χ3v) is 2.64. The van der Waals surface area contributed by atoms with Gasteiger partial charge in [-0.2, -0.15) is 0 Å². The molecule has 0 amide bonds. The lowest BCUT2D eigenvalue weighted by molar-refractivity contribution is 0.414. The van der Waals surface area contributed by atoms with Crippen LogP contribution in [0.5, 0.6) is 5.75 Å². The first-order valence-corrected chi connectivity index (χ1v) is 5.67. The summed E-state index contributed by atoms with van der Waals surface area (Å²) in [5, 5.41) is 0. The number of benzene rings is 2. The van der Waals surface area contributed by atoms with Crippen molar-refractivity contribution in [2.75, 3.05) is 7.11 Å². The molecule has 0 spiro atoms. The van der Waals surface area contributed by atoms with Gasteiger partial charge in [0.2, 0.25) is 0 Å². The third-order valence-electron chi connectivity index (χ3n) is 2.64. The van der Waals surface area contributed by atoms with Crippen LogP contribution in [0.15, 0.2) is 48.5 Å². The minimum Gasteiger partial charge on any atom is -0.497 e. The molecule has 0 saturated carbocycles. The largest absolute Gasteiger partial charge is 0.497 e. The van der Waals surface area contributed by atoms with E-state index in [-0.39, 0.29) is 0 Å². The summed E-state index contributed by atoms with van der Waals surface area (Å²) in [5.41, 5.74) is 3.63. The number of hydrogen-bond donors (Lipinski definition) is 0. The molecule has 0 bridgehead atoms. The van der Waals surface area contributed by atoms with Gasteiger partial charge in [0.25, 0.3) is 0 Å². The van der Waals surface area contributed by atoms with Gasteiger partial charge in [-0.3, -0.25) is 0 Å². The predicted octanol–water partition coefficient (Wildman–Crippen LogP) is 4.17. The van der Waals surface area contributed by atoms with Gasteiger partial charge >= 0.3 is 0 Å². The molecule has 86 valence electrons. The first kappa shape index (κ1) is 11.5. The normalized spacial score (nSPS) is 10.7. The number of aryl methyl sites for hydroxylation is 1. The Balaban J connectivity index is 2.16. The fourth-order valence-electron chi connectivity index (χ4n) is 1.62. The van der Waals surface area contributed by atoms with E-state index < -0.39 is 0 Å². The van der Waals surface area contributed by atoms with E-state index in [4.69, 9.17) is 4.74 Å². The van der Waals surface area contributed by atoms with Gasteiger partial charge in [0.05, 0.1) is 7.11 Å². The van der Waals surface area contributed by atoms with Crippen LogP contribution in [0.4, 0.5) is 0 Å². The Morgan fingerprint density at radius 2 is 1.59 bits per heavy atom. The monoisotopic (exact) mass is 224 g/mol. The smallest absolute Gasteiger partial charge is 0.119 e. The van der Waals surface area contributed by atoms with Crippen molar-refractivity contribution in [2.45, 2.75) is 6.92 Å². The second-order valence-corrected chi connectivity index (χ2v) is 4.02. The van der Waals surface area contributed by atoms with Crippen LogP contribution in [0.1, 0.15) is 16.7 Å². The molecule has 0 aliphatic carbocycles. The van der Waals surface area contributed by atoms with Gasteiger partial charge < -0.3 is 4.74 Å². The van der Waals surface area contributed by atoms with Crippen molar-refractivity contribution in [3.63, 3.8) is 0 Å². The summed E-state index contributed by atoms with van der Waals surface area (Å²) < 4.78 is 5.19. The van der Waals surface area contributed by atoms with Crippen molar-refractivity contribution in [2.24, 2.45) is 0 Å². The lowest BCUT2D eigenvalue weighted by atomic mass is 10.1. The van der Waals surface area contributed by atoms with Crippen LogP contribution in [0, 0.1) is 6.92 Å². The maximum atomic E-state index is 5.19. The Morgan fingerprint density at radius 3 is 2.29 bits per heavy atom. The maximum Gasteiger partial charge on any atom is 0.119 e. The third kappa shape index (κ3) is 3.22. The van der Waals surface area contributed by atoms with Crippen LogP contribution in [-0.2, 0) is 0 Å². The molecule has 0 saturated heterocycles. The van der Waals surface area contributed by atoms with Gasteiger partial charge in [0.15, 0.2) is 0 Å². The molecule has 1 nitrogen and oxygen atoms in total. The molecule has 0 atom stereocenters. The fraction of sp³-hybridized carbons (Fsp3) is 0.125. The highest BCUT2D eigenvalue weighted by molar-refractivity contribution is 5.70. The zero-order chi connectivity index (χ0) is 12.1. The Morgan fingerprint density at radius 1 is 0.882 bits per heavy atom. The van der Waals surface area contributed by atoms with Gasteiger partial charge in [-0.05, 0) is 30.2 Å². The molecule has 2 aromatic rings. The van der Waals surface area contributed by atoms with E-state index in [2.05, 4.69) is 49.4 Å². The van der Waals surface area contributed by atoms with Crippen LogP contribution in [-0.4, -0.2) is 7.11 Å². The van der Waals surface area contributed by atoms with Crippen LogP contribution in [0.25, 0.3) is 12.2 Å². The van der Waals surface area contributed by atoms with Gasteiger partial charge in [-0.1, -0.05) is 54.1 Å². The highest BCUT2D eigenvalue weighted by Gasteiger charge is 1.92. The van der Waals surface area contributed by atoms with Crippen molar-refractivity contribution in [1.82, 2.24) is 0 Å². The number of rotatable bonds is 3. The minimum atomic E-state index is 0.885. The number of methoxy groups -OCH3 is 1. The molecule has 0 unspecified atom stereocenters. The summed E-state index contributed by atoms with van der Waals surface area (Å²) in [5.74, 6) is 0.885. The van der Waals surface area contributed by atoms with Crippen molar-refractivity contribution in [3.8, 4) is 5.75 Å². The van der Waals surface area contributed by atoms with Gasteiger partial charge in [-0.25, -0.2) is 0 Å². The summed E-state index contributed by atoms with van der Waals surface area (Å²) in [6.07, 6.45) is 4.20. The zero-order valence-corrected chi connectivity index (χ0v) is 10.2. The maximum absolute atomic E-state index is 5.19. The van der Waals surface area contributed by atoms with Crippen molar-refractivity contribution in [3.05, 3.63) is 65.2 Å². The second kappa shape index (κ2) is 5.35. The predicted molar refractivity (Wildman–Crippen MR) is 73.1 cm³/mol. The molecule has 0 aliphatic heterocycles. The lowest BCUT2D eigenvalue weighted by Gasteiger charge is -2.00. The quantitative estimate of drug-likeness (QED) is 0.711. The lowest BCUT2D eigenvalue weighted by Crippen LogP contribution is -1.82.